The summed E-state index contributed by atoms with van der Waals surface area (Å²) < 4.78 is 0. The molecule has 1 aliphatic rings. The second kappa shape index (κ2) is 5.83. The fourth-order valence-electron chi connectivity index (χ4n) is 2.73. The largest absolute Gasteiger partial charge is 0.269 e. The lowest BCUT2D eigenvalue weighted by Crippen LogP contribution is -2.25. The first-order chi connectivity index (χ1) is 8.56. The van der Waals surface area contributed by atoms with Crippen molar-refractivity contribution in [2.75, 3.05) is 0 Å². The van der Waals surface area contributed by atoms with Gasteiger partial charge in [0.2, 0.25) is 0 Å². The quantitative estimate of drug-likeness (QED) is 0.473. The predicted octanol–water partition coefficient (Wildman–Crippen LogP) is 4.34. The molecular formula is C14H18BrNO2. The van der Waals surface area contributed by atoms with Crippen LogP contribution in [0.3, 0.4) is 0 Å². The van der Waals surface area contributed by atoms with Crippen LogP contribution < -0.4 is 0 Å². The normalized spacial score (nSPS) is 28.0. The molecule has 4 heteroatoms. The van der Waals surface area contributed by atoms with Gasteiger partial charge >= 0.3 is 0 Å². The highest BCUT2D eigenvalue weighted by atomic mass is 79.9. The fourth-order valence-corrected chi connectivity index (χ4v) is 3.40. The number of benzene rings is 1. The number of non-ortho nitro benzene ring substituents is 1. The third-order valence-corrected chi connectivity index (χ3v) is 5.00. The maximum Gasteiger partial charge on any atom is 0.269 e. The molecule has 0 saturated heterocycles. The standard InChI is InChI=1S/C14H18BrNO2/c1-10-2-7-14(15)12(8-10)9-11-3-5-13(6-4-11)16(17)18/h3-6,10,12,14H,2,7-9H2,1H3. The van der Waals surface area contributed by atoms with Gasteiger partial charge in [-0.3, -0.25) is 10.1 Å². The van der Waals surface area contributed by atoms with Crippen LogP contribution in [0.15, 0.2) is 24.3 Å². The fraction of sp³-hybridized carbons (Fsp3) is 0.571. The van der Waals surface area contributed by atoms with Gasteiger partial charge in [0.1, 0.15) is 0 Å². The van der Waals surface area contributed by atoms with Gasteiger partial charge in [0.25, 0.3) is 5.69 Å². The van der Waals surface area contributed by atoms with Gasteiger partial charge < -0.3 is 0 Å². The number of halogens is 1. The predicted molar refractivity (Wildman–Crippen MR) is 76.0 cm³/mol. The summed E-state index contributed by atoms with van der Waals surface area (Å²) in [5, 5.41) is 10.6. The molecule has 0 amide bonds. The second-order valence-electron chi connectivity index (χ2n) is 5.32. The van der Waals surface area contributed by atoms with E-state index in [1.165, 1.54) is 24.8 Å². The Morgan fingerprint density at radius 3 is 2.61 bits per heavy atom. The Morgan fingerprint density at radius 1 is 1.33 bits per heavy atom. The van der Waals surface area contributed by atoms with Crippen LogP contribution in [-0.4, -0.2) is 9.75 Å². The third-order valence-electron chi connectivity index (χ3n) is 3.80. The van der Waals surface area contributed by atoms with E-state index in [0.29, 0.717) is 10.7 Å². The molecule has 0 aromatic heterocycles. The lowest BCUT2D eigenvalue weighted by atomic mass is 9.79. The van der Waals surface area contributed by atoms with E-state index in [1.54, 1.807) is 12.1 Å². The van der Waals surface area contributed by atoms with Gasteiger partial charge in [-0.25, -0.2) is 0 Å². The van der Waals surface area contributed by atoms with Gasteiger partial charge in [-0.05, 0) is 43.1 Å². The van der Waals surface area contributed by atoms with Crippen LogP contribution in [0.2, 0.25) is 0 Å². The Labute approximate surface area is 116 Å². The Kier molecular flexibility index (Phi) is 4.38. The molecule has 3 atom stereocenters. The van der Waals surface area contributed by atoms with Crippen molar-refractivity contribution in [1.82, 2.24) is 0 Å². The Bertz CT molecular complexity index is 418. The van der Waals surface area contributed by atoms with Crippen LogP contribution in [-0.2, 0) is 6.42 Å². The van der Waals surface area contributed by atoms with Crippen LogP contribution >= 0.6 is 15.9 Å². The topological polar surface area (TPSA) is 43.1 Å². The number of rotatable bonds is 3. The molecule has 98 valence electrons. The molecule has 0 aliphatic heterocycles. The van der Waals surface area contributed by atoms with Crippen molar-refractivity contribution in [3.05, 3.63) is 39.9 Å². The molecule has 2 rings (SSSR count). The number of hydrogen-bond acceptors (Lipinski definition) is 2. The maximum absolute atomic E-state index is 10.6. The summed E-state index contributed by atoms with van der Waals surface area (Å²) in [5.41, 5.74) is 1.37. The summed E-state index contributed by atoms with van der Waals surface area (Å²) in [7, 11) is 0. The highest BCUT2D eigenvalue weighted by Crippen LogP contribution is 2.35. The van der Waals surface area contributed by atoms with Crippen molar-refractivity contribution in [3.63, 3.8) is 0 Å². The van der Waals surface area contributed by atoms with Crippen LogP contribution in [0.1, 0.15) is 31.7 Å². The summed E-state index contributed by atoms with van der Waals surface area (Å²) in [6, 6.07) is 6.98. The van der Waals surface area contributed by atoms with Crippen LogP contribution in [0.4, 0.5) is 5.69 Å². The molecule has 0 heterocycles. The van der Waals surface area contributed by atoms with Crippen molar-refractivity contribution >= 4 is 21.6 Å². The molecule has 0 spiro atoms. The highest BCUT2D eigenvalue weighted by molar-refractivity contribution is 9.09. The molecule has 3 nitrogen and oxygen atoms in total. The summed E-state index contributed by atoms with van der Waals surface area (Å²) >= 11 is 3.77. The Hall–Kier alpha value is -0.900. The van der Waals surface area contributed by atoms with Gasteiger partial charge in [-0.15, -0.1) is 0 Å². The van der Waals surface area contributed by atoms with Crippen molar-refractivity contribution in [1.29, 1.82) is 0 Å². The zero-order chi connectivity index (χ0) is 13.1. The average Bonchev–Trinajstić information content (AvgIpc) is 2.34. The third kappa shape index (κ3) is 3.31. The van der Waals surface area contributed by atoms with Crippen LogP contribution in [0, 0.1) is 22.0 Å². The molecule has 0 radical (unpaired) electrons. The van der Waals surface area contributed by atoms with Crippen LogP contribution in [0.5, 0.6) is 0 Å². The Morgan fingerprint density at radius 2 is 2.00 bits per heavy atom. The zero-order valence-corrected chi connectivity index (χ0v) is 12.1. The molecular weight excluding hydrogens is 294 g/mol. The average molecular weight is 312 g/mol. The van der Waals surface area contributed by atoms with Crippen molar-refractivity contribution < 1.29 is 4.92 Å². The van der Waals surface area contributed by atoms with E-state index in [2.05, 4.69) is 22.9 Å². The van der Waals surface area contributed by atoms with Gasteiger partial charge in [0.05, 0.1) is 4.92 Å². The van der Waals surface area contributed by atoms with E-state index in [4.69, 9.17) is 0 Å². The van der Waals surface area contributed by atoms with Gasteiger partial charge in [0, 0.05) is 17.0 Å². The highest BCUT2D eigenvalue weighted by Gasteiger charge is 2.26. The molecule has 3 unspecified atom stereocenters. The van der Waals surface area contributed by atoms with E-state index in [0.717, 1.165) is 12.3 Å². The van der Waals surface area contributed by atoms with E-state index in [-0.39, 0.29) is 10.6 Å². The molecule has 1 aromatic rings. The van der Waals surface area contributed by atoms with E-state index in [9.17, 15) is 10.1 Å². The van der Waals surface area contributed by atoms with Crippen LogP contribution in [0.25, 0.3) is 0 Å². The molecule has 1 fully saturated rings. The molecule has 1 aliphatic carbocycles. The number of nitro groups is 1. The van der Waals surface area contributed by atoms with Gasteiger partial charge in [-0.2, -0.15) is 0 Å². The van der Waals surface area contributed by atoms with Crippen molar-refractivity contribution in [3.8, 4) is 0 Å². The summed E-state index contributed by atoms with van der Waals surface area (Å²) in [6.45, 7) is 2.31. The Balaban J connectivity index is 2.02. The zero-order valence-electron chi connectivity index (χ0n) is 10.5. The minimum atomic E-state index is -0.347. The van der Waals surface area contributed by atoms with Gasteiger partial charge in [0.15, 0.2) is 0 Å². The summed E-state index contributed by atoms with van der Waals surface area (Å²) in [5.74, 6) is 1.44. The molecule has 1 saturated carbocycles. The SMILES string of the molecule is CC1CCC(Br)C(Cc2ccc([N+](=O)[O-])cc2)C1. The smallest absolute Gasteiger partial charge is 0.258 e. The number of nitrogens with zero attached hydrogens (tertiary/aromatic N) is 1. The van der Waals surface area contributed by atoms with Crippen molar-refractivity contribution in [2.45, 2.75) is 37.4 Å². The molecule has 18 heavy (non-hydrogen) atoms. The van der Waals surface area contributed by atoms with Crippen molar-refractivity contribution in [2.24, 2.45) is 11.8 Å². The minimum absolute atomic E-state index is 0.172. The van der Waals surface area contributed by atoms with E-state index in [1.807, 2.05) is 12.1 Å². The first-order valence-corrected chi connectivity index (χ1v) is 7.35. The monoisotopic (exact) mass is 311 g/mol. The maximum atomic E-state index is 10.6. The minimum Gasteiger partial charge on any atom is -0.258 e. The number of hydrogen-bond donors (Lipinski definition) is 0. The molecule has 1 aromatic carbocycles. The lowest BCUT2D eigenvalue weighted by Gasteiger charge is -2.31. The first kappa shape index (κ1) is 13.5. The van der Waals surface area contributed by atoms with E-state index < -0.39 is 0 Å². The molecule has 0 bridgehead atoms. The lowest BCUT2D eigenvalue weighted by molar-refractivity contribution is -0.384. The number of nitro benzene ring substituents is 1. The number of alkyl halides is 1. The second-order valence-corrected chi connectivity index (χ2v) is 6.50. The summed E-state index contributed by atoms with van der Waals surface area (Å²) in [4.78, 5) is 10.8. The first-order valence-electron chi connectivity index (χ1n) is 6.43. The van der Waals surface area contributed by atoms with Gasteiger partial charge in [-0.1, -0.05) is 35.0 Å². The molecule has 0 N–H and O–H groups in total. The summed E-state index contributed by atoms with van der Waals surface area (Å²) in [6.07, 6.45) is 4.79. The van der Waals surface area contributed by atoms with E-state index >= 15 is 0 Å².